The molecule has 158 valence electrons. The van der Waals surface area contributed by atoms with Crippen LogP contribution in [-0.2, 0) is 19.6 Å². The van der Waals surface area contributed by atoms with Gasteiger partial charge in [-0.2, -0.15) is 0 Å². The Kier molecular flexibility index (Phi) is 8.61. The van der Waals surface area contributed by atoms with E-state index in [0.717, 1.165) is 35.5 Å². The lowest BCUT2D eigenvalue weighted by molar-refractivity contribution is 0.265. The minimum Gasteiger partial charge on any atom is -0.490 e. The number of aryl methyl sites for hydroxylation is 1. The predicted molar refractivity (Wildman–Crippen MR) is 124 cm³/mol. The van der Waals surface area contributed by atoms with E-state index in [4.69, 9.17) is 21.1 Å². The third-order valence-electron chi connectivity index (χ3n) is 5.04. The fourth-order valence-corrected chi connectivity index (χ4v) is 3.50. The van der Waals surface area contributed by atoms with Crippen molar-refractivity contribution in [3.63, 3.8) is 0 Å². The second-order valence-electron chi connectivity index (χ2n) is 7.36. The molecule has 0 aliphatic heterocycles. The molecule has 0 saturated heterocycles. The SMILES string of the molecule is CCOc1cccc(CN[C@@H](C)CCc2ccccc2)c1OCc1ccccc1Cl. The highest BCUT2D eigenvalue weighted by atomic mass is 35.5. The van der Waals surface area contributed by atoms with Crippen molar-refractivity contribution < 1.29 is 9.47 Å². The molecule has 3 nitrogen and oxygen atoms in total. The molecule has 4 heteroatoms. The monoisotopic (exact) mass is 423 g/mol. The minimum absolute atomic E-state index is 0.386. The molecule has 0 bridgehead atoms. The number of halogens is 1. The molecule has 3 rings (SSSR count). The zero-order valence-electron chi connectivity index (χ0n) is 17.7. The minimum atomic E-state index is 0.386. The maximum Gasteiger partial charge on any atom is 0.166 e. The van der Waals surface area contributed by atoms with Crippen molar-refractivity contribution in [3.05, 3.63) is 94.5 Å². The van der Waals surface area contributed by atoms with Gasteiger partial charge >= 0.3 is 0 Å². The van der Waals surface area contributed by atoms with Gasteiger partial charge in [0.15, 0.2) is 11.5 Å². The standard InChI is InChI=1S/C26H30ClNO2/c1-3-29-25-15-9-13-22(26(25)30-19-23-12-7-8-14-24(23)27)18-28-20(2)16-17-21-10-5-4-6-11-21/h4-15,20,28H,3,16-19H2,1-2H3/t20-/m0/s1. The van der Waals surface area contributed by atoms with Gasteiger partial charge in [0.2, 0.25) is 0 Å². The highest BCUT2D eigenvalue weighted by Gasteiger charge is 2.13. The molecule has 0 heterocycles. The number of hydrogen-bond acceptors (Lipinski definition) is 3. The number of hydrogen-bond donors (Lipinski definition) is 1. The summed E-state index contributed by atoms with van der Waals surface area (Å²) in [6.45, 7) is 5.91. The first-order valence-electron chi connectivity index (χ1n) is 10.6. The molecule has 0 amide bonds. The van der Waals surface area contributed by atoms with Crippen molar-refractivity contribution in [1.82, 2.24) is 5.32 Å². The summed E-state index contributed by atoms with van der Waals surface area (Å²) in [5.74, 6) is 1.54. The summed E-state index contributed by atoms with van der Waals surface area (Å²) in [4.78, 5) is 0. The first-order chi connectivity index (χ1) is 14.7. The maximum absolute atomic E-state index is 6.30. The molecule has 1 atom stereocenters. The first kappa shape index (κ1) is 22.2. The summed E-state index contributed by atoms with van der Waals surface area (Å²) >= 11 is 6.30. The van der Waals surface area contributed by atoms with Gasteiger partial charge in [0.1, 0.15) is 6.61 Å². The number of benzene rings is 3. The molecule has 0 spiro atoms. The molecule has 0 aliphatic rings. The predicted octanol–water partition coefficient (Wildman–Crippen LogP) is 6.43. The van der Waals surface area contributed by atoms with E-state index >= 15 is 0 Å². The Labute approximate surface area is 185 Å². The second kappa shape index (κ2) is 11.6. The molecule has 0 unspecified atom stereocenters. The van der Waals surface area contributed by atoms with Crippen LogP contribution in [0.25, 0.3) is 0 Å². The topological polar surface area (TPSA) is 30.5 Å². The van der Waals surface area contributed by atoms with E-state index in [-0.39, 0.29) is 0 Å². The molecule has 3 aromatic rings. The van der Waals surface area contributed by atoms with Crippen LogP contribution in [0.4, 0.5) is 0 Å². The van der Waals surface area contributed by atoms with Crippen molar-refractivity contribution in [3.8, 4) is 11.5 Å². The summed E-state index contributed by atoms with van der Waals surface area (Å²) in [7, 11) is 0. The van der Waals surface area contributed by atoms with Crippen LogP contribution in [0.5, 0.6) is 11.5 Å². The van der Waals surface area contributed by atoms with Gasteiger partial charge in [-0.05, 0) is 44.4 Å². The van der Waals surface area contributed by atoms with Crippen molar-refractivity contribution in [2.24, 2.45) is 0 Å². The summed E-state index contributed by atoms with van der Waals surface area (Å²) < 4.78 is 12.0. The van der Waals surface area contributed by atoms with Crippen LogP contribution in [0.2, 0.25) is 5.02 Å². The van der Waals surface area contributed by atoms with E-state index in [1.54, 1.807) is 0 Å². The molecule has 0 fully saturated rings. The largest absolute Gasteiger partial charge is 0.490 e. The van der Waals surface area contributed by atoms with Gasteiger partial charge in [0.25, 0.3) is 0 Å². The summed E-state index contributed by atoms with van der Waals surface area (Å²) in [6.07, 6.45) is 2.13. The summed E-state index contributed by atoms with van der Waals surface area (Å²) in [5, 5.41) is 4.34. The maximum atomic E-state index is 6.30. The fourth-order valence-electron chi connectivity index (χ4n) is 3.31. The van der Waals surface area contributed by atoms with Gasteiger partial charge in [-0.25, -0.2) is 0 Å². The normalized spacial score (nSPS) is 11.8. The molecule has 0 aliphatic carbocycles. The first-order valence-corrected chi connectivity index (χ1v) is 10.9. The Morgan fingerprint density at radius 1 is 0.867 bits per heavy atom. The molecule has 0 saturated carbocycles. The van der Waals surface area contributed by atoms with E-state index < -0.39 is 0 Å². The zero-order chi connectivity index (χ0) is 21.2. The number of nitrogens with one attached hydrogen (secondary N) is 1. The van der Waals surface area contributed by atoms with Gasteiger partial charge in [0.05, 0.1) is 6.61 Å². The highest BCUT2D eigenvalue weighted by Crippen LogP contribution is 2.33. The average molecular weight is 424 g/mol. The van der Waals surface area contributed by atoms with Crippen LogP contribution in [0, 0.1) is 0 Å². The van der Waals surface area contributed by atoms with E-state index in [1.807, 2.05) is 43.3 Å². The van der Waals surface area contributed by atoms with E-state index in [2.05, 4.69) is 48.6 Å². The molecule has 30 heavy (non-hydrogen) atoms. The van der Waals surface area contributed by atoms with E-state index in [1.165, 1.54) is 5.56 Å². The summed E-state index contributed by atoms with van der Waals surface area (Å²) in [6, 6.07) is 24.8. The third kappa shape index (κ3) is 6.51. The molecule has 1 N–H and O–H groups in total. The Balaban J connectivity index is 1.64. The van der Waals surface area contributed by atoms with Crippen molar-refractivity contribution in [2.75, 3.05) is 6.61 Å². The molecule has 0 radical (unpaired) electrons. The van der Waals surface area contributed by atoms with Crippen molar-refractivity contribution in [1.29, 1.82) is 0 Å². The van der Waals surface area contributed by atoms with Gasteiger partial charge in [-0.15, -0.1) is 0 Å². The van der Waals surface area contributed by atoms with Gasteiger partial charge in [0, 0.05) is 28.7 Å². The van der Waals surface area contributed by atoms with E-state index in [9.17, 15) is 0 Å². The molecular weight excluding hydrogens is 394 g/mol. The van der Waals surface area contributed by atoms with Gasteiger partial charge < -0.3 is 14.8 Å². The Bertz CT molecular complexity index is 914. The Hall–Kier alpha value is -2.49. The van der Waals surface area contributed by atoms with Crippen LogP contribution in [0.15, 0.2) is 72.8 Å². The number of ether oxygens (including phenoxy) is 2. The lowest BCUT2D eigenvalue weighted by atomic mass is 10.1. The van der Waals surface area contributed by atoms with Crippen LogP contribution in [0.3, 0.4) is 0 Å². The number of rotatable bonds is 11. The smallest absolute Gasteiger partial charge is 0.166 e. The Morgan fingerprint density at radius 3 is 2.37 bits per heavy atom. The highest BCUT2D eigenvalue weighted by molar-refractivity contribution is 6.31. The lowest BCUT2D eigenvalue weighted by Crippen LogP contribution is -2.26. The lowest BCUT2D eigenvalue weighted by Gasteiger charge is -2.19. The zero-order valence-corrected chi connectivity index (χ0v) is 18.5. The van der Waals surface area contributed by atoms with Gasteiger partial charge in [-0.1, -0.05) is 72.3 Å². The van der Waals surface area contributed by atoms with Crippen LogP contribution >= 0.6 is 11.6 Å². The second-order valence-corrected chi connectivity index (χ2v) is 7.77. The number of para-hydroxylation sites is 1. The third-order valence-corrected chi connectivity index (χ3v) is 5.41. The van der Waals surface area contributed by atoms with Crippen LogP contribution in [0.1, 0.15) is 37.0 Å². The van der Waals surface area contributed by atoms with E-state index in [0.29, 0.717) is 30.8 Å². The fraction of sp³-hybridized carbons (Fsp3) is 0.308. The quantitative estimate of drug-likeness (QED) is 0.385. The van der Waals surface area contributed by atoms with Gasteiger partial charge in [-0.3, -0.25) is 0 Å². The van der Waals surface area contributed by atoms with Crippen LogP contribution < -0.4 is 14.8 Å². The van der Waals surface area contributed by atoms with Crippen LogP contribution in [-0.4, -0.2) is 12.6 Å². The molecule has 0 aromatic heterocycles. The molecule has 3 aromatic carbocycles. The average Bonchev–Trinajstić information content (AvgIpc) is 2.77. The van der Waals surface area contributed by atoms with Crippen molar-refractivity contribution in [2.45, 2.75) is 45.9 Å². The Morgan fingerprint density at radius 2 is 1.60 bits per heavy atom. The summed E-state index contributed by atoms with van der Waals surface area (Å²) in [5.41, 5.74) is 3.41. The van der Waals surface area contributed by atoms with Crippen molar-refractivity contribution >= 4 is 11.6 Å². The molecular formula is C26H30ClNO2.